The third-order valence-corrected chi connectivity index (χ3v) is 3.84. The Kier molecular flexibility index (Phi) is 7.60. The van der Waals surface area contributed by atoms with Gasteiger partial charge in [0.1, 0.15) is 6.61 Å². The van der Waals surface area contributed by atoms with Gasteiger partial charge in [0.15, 0.2) is 0 Å². The summed E-state index contributed by atoms with van der Waals surface area (Å²) < 4.78 is 4.74. The quantitative estimate of drug-likeness (QED) is 0.654. The fourth-order valence-electron chi connectivity index (χ4n) is 2.14. The number of carbonyl (C=O) groups excluding carboxylic acids is 3. The van der Waals surface area contributed by atoms with Crippen molar-refractivity contribution in [1.29, 1.82) is 0 Å². The molecule has 0 saturated carbocycles. The fourth-order valence-corrected chi connectivity index (χ4v) is 2.63. The number of rotatable bonds is 7. The minimum absolute atomic E-state index is 0.0735. The van der Waals surface area contributed by atoms with Crippen LogP contribution in [-0.2, 0) is 14.3 Å². The lowest BCUT2D eigenvalue weighted by Gasteiger charge is -2.10. The van der Waals surface area contributed by atoms with Gasteiger partial charge in [-0.2, -0.15) is 0 Å². The van der Waals surface area contributed by atoms with Gasteiger partial charge in [0.25, 0.3) is 5.91 Å². The van der Waals surface area contributed by atoms with Gasteiger partial charge in [-0.3, -0.25) is 14.4 Å². The maximum absolute atomic E-state index is 12.1. The highest BCUT2D eigenvalue weighted by molar-refractivity contribution is 6.36. The van der Waals surface area contributed by atoms with Gasteiger partial charge in [-0.15, -0.1) is 0 Å². The van der Waals surface area contributed by atoms with E-state index in [1.165, 1.54) is 25.3 Å². The molecule has 0 saturated heterocycles. The number of methoxy groups -OCH3 is 1. The minimum Gasteiger partial charge on any atom is -0.375 e. The van der Waals surface area contributed by atoms with Gasteiger partial charge in [-0.1, -0.05) is 29.3 Å². The van der Waals surface area contributed by atoms with E-state index in [4.69, 9.17) is 27.9 Å². The van der Waals surface area contributed by atoms with Crippen LogP contribution in [-0.4, -0.2) is 38.0 Å². The van der Waals surface area contributed by atoms with Crippen molar-refractivity contribution < 1.29 is 19.1 Å². The van der Waals surface area contributed by atoms with Crippen molar-refractivity contribution in [3.63, 3.8) is 0 Å². The zero-order valence-corrected chi connectivity index (χ0v) is 15.9. The number of nitrogens with one attached hydrogen (secondary N) is 3. The summed E-state index contributed by atoms with van der Waals surface area (Å²) in [5.74, 6) is -1.24. The van der Waals surface area contributed by atoms with Gasteiger partial charge in [-0.25, -0.2) is 0 Å². The van der Waals surface area contributed by atoms with Crippen LogP contribution in [0.4, 0.5) is 11.4 Å². The number of halogens is 2. The average Bonchev–Trinajstić information content (AvgIpc) is 2.60. The monoisotopic (exact) mass is 409 g/mol. The molecule has 3 N–H and O–H groups in total. The minimum atomic E-state index is -0.493. The maximum Gasteiger partial charge on any atom is 0.253 e. The number of anilines is 2. The summed E-state index contributed by atoms with van der Waals surface area (Å²) in [5, 5.41) is 8.34. The molecule has 142 valence electrons. The molecule has 0 aliphatic rings. The van der Waals surface area contributed by atoms with E-state index in [2.05, 4.69) is 16.0 Å². The van der Waals surface area contributed by atoms with Crippen molar-refractivity contribution >= 4 is 52.3 Å². The molecule has 7 nitrogen and oxygen atoms in total. The van der Waals surface area contributed by atoms with Crippen molar-refractivity contribution in [3.05, 3.63) is 58.1 Å². The van der Waals surface area contributed by atoms with E-state index >= 15 is 0 Å². The van der Waals surface area contributed by atoms with Crippen LogP contribution in [0.5, 0.6) is 0 Å². The highest BCUT2D eigenvalue weighted by Crippen LogP contribution is 2.20. The number of hydrogen-bond donors (Lipinski definition) is 3. The van der Waals surface area contributed by atoms with Gasteiger partial charge in [0.2, 0.25) is 11.8 Å². The molecule has 0 spiro atoms. The molecule has 0 heterocycles. The fraction of sp³-hybridized carbons (Fsp3) is 0.167. The van der Waals surface area contributed by atoms with Crippen LogP contribution in [0, 0.1) is 0 Å². The zero-order chi connectivity index (χ0) is 19.8. The Hall–Kier alpha value is -2.61. The second-order valence-corrected chi connectivity index (χ2v) is 6.26. The second-order valence-electron chi connectivity index (χ2n) is 5.42. The Morgan fingerprint density at radius 2 is 1.63 bits per heavy atom. The highest BCUT2D eigenvalue weighted by atomic mass is 35.5. The summed E-state index contributed by atoms with van der Waals surface area (Å²) in [6.45, 7) is -0.325. The SMILES string of the molecule is COCC(=O)Nc1cccc(NC(=O)CNC(=O)c2ccc(Cl)cc2Cl)c1. The molecule has 0 unspecified atom stereocenters. The van der Waals surface area contributed by atoms with E-state index in [9.17, 15) is 14.4 Å². The lowest BCUT2D eigenvalue weighted by Crippen LogP contribution is -2.33. The number of carbonyl (C=O) groups is 3. The first-order valence-electron chi connectivity index (χ1n) is 7.81. The molecule has 0 atom stereocenters. The van der Waals surface area contributed by atoms with Crippen LogP contribution in [0.1, 0.15) is 10.4 Å². The first-order chi connectivity index (χ1) is 12.9. The number of ether oxygens (including phenoxy) is 1. The molecular weight excluding hydrogens is 393 g/mol. The maximum atomic E-state index is 12.1. The Balaban J connectivity index is 1.90. The second kappa shape index (κ2) is 9.91. The summed E-state index contributed by atoms with van der Waals surface area (Å²) in [7, 11) is 1.42. The van der Waals surface area contributed by atoms with Crippen LogP contribution in [0.15, 0.2) is 42.5 Å². The lowest BCUT2D eigenvalue weighted by atomic mass is 10.2. The van der Waals surface area contributed by atoms with E-state index in [-0.39, 0.29) is 29.6 Å². The molecule has 27 heavy (non-hydrogen) atoms. The predicted molar refractivity (Wildman–Crippen MR) is 104 cm³/mol. The van der Waals surface area contributed by atoms with Gasteiger partial charge in [0, 0.05) is 23.5 Å². The molecule has 0 aromatic heterocycles. The van der Waals surface area contributed by atoms with Gasteiger partial charge < -0.3 is 20.7 Å². The molecule has 2 aromatic rings. The molecule has 3 amide bonds. The van der Waals surface area contributed by atoms with Crippen molar-refractivity contribution in [2.45, 2.75) is 0 Å². The lowest BCUT2D eigenvalue weighted by molar-refractivity contribution is -0.119. The Bertz CT molecular complexity index is 858. The third-order valence-electron chi connectivity index (χ3n) is 3.29. The van der Waals surface area contributed by atoms with Gasteiger partial charge >= 0.3 is 0 Å². The number of hydrogen-bond acceptors (Lipinski definition) is 4. The molecule has 0 fully saturated rings. The first kappa shape index (κ1) is 20.7. The zero-order valence-electron chi connectivity index (χ0n) is 14.3. The Morgan fingerprint density at radius 1 is 0.963 bits per heavy atom. The van der Waals surface area contributed by atoms with Gasteiger partial charge in [-0.05, 0) is 36.4 Å². The highest BCUT2D eigenvalue weighted by Gasteiger charge is 2.12. The first-order valence-corrected chi connectivity index (χ1v) is 8.56. The standard InChI is InChI=1S/C18H17Cl2N3O4/c1-27-10-17(25)23-13-4-2-3-12(8-13)22-16(24)9-21-18(26)14-6-5-11(19)7-15(14)20/h2-8H,9-10H2,1H3,(H,21,26)(H,22,24)(H,23,25). The van der Waals surface area contributed by atoms with E-state index < -0.39 is 11.8 Å². The van der Waals surface area contributed by atoms with Crippen LogP contribution >= 0.6 is 23.2 Å². The Labute approximate surface area is 166 Å². The summed E-state index contributed by atoms with van der Waals surface area (Å²) in [5.41, 5.74) is 1.19. The normalized spacial score (nSPS) is 10.2. The summed E-state index contributed by atoms with van der Waals surface area (Å²) in [6, 6.07) is 11.0. The van der Waals surface area contributed by atoms with Crippen molar-refractivity contribution in [2.75, 3.05) is 30.9 Å². The molecule has 0 radical (unpaired) electrons. The average molecular weight is 410 g/mol. The van der Waals surface area contributed by atoms with E-state index in [1.54, 1.807) is 24.3 Å². The summed E-state index contributed by atoms with van der Waals surface area (Å²) in [6.07, 6.45) is 0. The summed E-state index contributed by atoms with van der Waals surface area (Å²) in [4.78, 5) is 35.6. The van der Waals surface area contributed by atoms with Gasteiger partial charge in [0.05, 0.1) is 17.1 Å². The molecule has 0 aliphatic heterocycles. The van der Waals surface area contributed by atoms with Crippen LogP contribution in [0.25, 0.3) is 0 Å². The van der Waals surface area contributed by atoms with Crippen LogP contribution in [0.3, 0.4) is 0 Å². The largest absolute Gasteiger partial charge is 0.375 e. The smallest absolute Gasteiger partial charge is 0.253 e. The Morgan fingerprint density at radius 3 is 2.26 bits per heavy atom. The molecule has 2 aromatic carbocycles. The molecule has 0 bridgehead atoms. The van der Waals surface area contributed by atoms with E-state index in [0.29, 0.717) is 16.4 Å². The van der Waals surface area contributed by atoms with E-state index in [1.807, 2.05) is 0 Å². The van der Waals surface area contributed by atoms with Crippen LogP contribution < -0.4 is 16.0 Å². The van der Waals surface area contributed by atoms with Crippen molar-refractivity contribution in [1.82, 2.24) is 5.32 Å². The molecular formula is C18H17Cl2N3O4. The number of amides is 3. The molecule has 2 rings (SSSR count). The number of benzene rings is 2. The third kappa shape index (κ3) is 6.56. The topological polar surface area (TPSA) is 96.5 Å². The molecule has 0 aliphatic carbocycles. The van der Waals surface area contributed by atoms with Crippen molar-refractivity contribution in [3.8, 4) is 0 Å². The molecule has 9 heteroatoms. The van der Waals surface area contributed by atoms with Crippen molar-refractivity contribution in [2.24, 2.45) is 0 Å². The van der Waals surface area contributed by atoms with E-state index in [0.717, 1.165) is 0 Å². The predicted octanol–water partition coefficient (Wildman–Crippen LogP) is 2.95. The van der Waals surface area contributed by atoms with Crippen LogP contribution in [0.2, 0.25) is 10.0 Å². The summed E-state index contributed by atoms with van der Waals surface area (Å²) >= 11 is 11.7.